The van der Waals surface area contributed by atoms with Crippen molar-refractivity contribution < 1.29 is 23.0 Å². The number of anilines is 1. The number of hydrogen-bond acceptors (Lipinski definition) is 6. The zero-order chi connectivity index (χ0) is 23.4. The lowest BCUT2D eigenvalue weighted by Gasteiger charge is -2.16. The molecule has 0 radical (unpaired) electrons. The van der Waals surface area contributed by atoms with E-state index in [1.165, 1.54) is 32.0 Å². The van der Waals surface area contributed by atoms with Crippen LogP contribution in [0, 0.1) is 0 Å². The van der Waals surface area contributed by atoms with Gasteiger partial charge in [0.25, 0.3) is 10.0 Å². The van der Waals surface area contributed by atoms with Gasteiger partial charge in [0.2, 0.25) is 0 Å². The Morgan fingerprint density at radius 2 is 1.58 bits per heavy atom. The standard InChI is InChI=1S/C25H23NO5S2/c1-30-18-12-13-22(31-2)24(14-18)33(28,29)26-21-15-23(32-16-17-8-4-3-5-9-17)25(27)20-11-7-6-10-19(20)21/h3-15,26-27H,16H2,1-2H3. The summed E-state index contributed by atoms with van der Waals surface area (Å²) in [6, 6.07) is 23.2. The topological polar surface area (TPSA) is 84.9 Å². The van der Waals surface area contributed by atoms with Gasteiger partial charge in [0.15, 0.2) is 0 Å². The molecule has 0 aliphatic heterocycles. The van der Waals surface area contributed by atoms with Crippen molar-refractivity contribution in [2.45, 2.75) is 15.5 Å². The number of sulfonamides is 1. The number of fused-ring (bicyclic) bond motifs is 1. The van der Waals surface area contributed by atoms with Crippen molar-refractivity contribution >= 4 is 38.2 Å². The molecule has 0 unspecified atom stereocenters. The van der Waals surface area contributed by atoms with E-state index in [1.54, 1.807) is 42.5 Å². The molecule has 0 aliphatic rings. The van der Waals surface area contributed by atoms with Crippen molar-refractivity contribution in [3.8, 4) is 17.2 Å². The number of aromatic hydroxyl groups is 1. The maximum absolute atomic E-state index is 13.4. The van der Waals surface area contributed by atoms with Crippen LogP contribution >= 0.6 is 11.8 Å². The van der Waals surface area contributed by atoms with E-state index < -0.39 is 10.0 Å². The van der Waals surface area contributed by atoms with Crippen LogP contribution in [0.25, 0.3) is 10.8 Å². The average molecular weight is 482 g/mol. The van der Waals surface area contributed by atoms with Crippen LogP contribution in [0.2, 0.25) is 0 Å². The molecule has 0 heterocycles. The number of benzene rings is 4. The van der Waals surface area contributed by atoms with Crippen LogP contribution in [0.1, 0.15) is 5.56 Å². The summed E-state index contributed by atoms with van der Waals surface area (Å²) >= 11 is 1.44. The molecule has 0 atom stereocenters. The number of rotatable bonds is 8. The second-order valence-electron chi connectivity index (χ2n) is 7.21. The van der Waals surface area contributed by atoms with E-state index in [1.807, 2.05) is 30.3 Å². The smallest absolute Gasteiger partial charge is 0.265 e. The molecular formula is C25H23NO5S2. The maximum Gasteiger partial charge on any atom is 0.265 e. The van der Waals surface area contributed by atoms with Gasteiger partial charge in [-0.3, -0.25) is 4.72 Å². The molecule has 4 rings (SSSR count). The summed E-state index contributed by atoms with van der Waals surface area (Å²) in [6.45, 7) is 0. The summed E-state index contributed by atoms with van der Waals surface area (Å²) in [5, 5.41) is 12.0. The molecule has 2 N–H and O–H groups in total. The fraction of sp³-hybridized carbons (Fsp3) is 0.120. The van der Waals surface area contributed by atoms with Gasteiger partial charge in [0.05, 0.1) is 24.8 Å². The normalized spacial score (nSPS) is 11.3. The van der Waals surface area contributed by atoms with Gasteiger partial charge < -0.3 is 14.6 Å². The second kappa shape index (κ2) is 9.64. The lowest BCUT2D eigenvalue weighted by atomic mass is 10.1. The Morgan fingerprint density at radius 3 is 2.27 bits per heavy atom. The predicted molar refractivity (Wildman–Crippen MR) is 132 cm³/mol. The predicted octanol–water partition coefficient (Wildman–Crippen LogP) is 5.66. The van der Waals surface area contributed by atoms with E-state index >= 15 is 0 Å². The Bertz CT molecular complexity index is 1390. The molecule has 6 nitrogen and oxygen atoms in total. The monoisotopic (exact) mass is 481 g/mol. The molecule has 0 amide bonds. The number of thioether (sulfide) groups is 1. The minimum absolute atomic E-state index is 0.0417. The number of phenols is 1. The number of phenolic OH excluding ortho intramolecular Hbond substituents is 1. The molecule has 33 heavy (non-hydrogen) atoms. The number of methoxy groups -OCH3 is 2. The highest BCUT2D eigenvalue weighted by Gasteiger charge is 2.23. The van der Waals surface area contributed by atoms with Crippen LogP contribution < -0.4 is 14.2 Å². The van der Waals surface area contributed by atoms with Crippen LogP contribution in [0.15, 0.2) is 88.7 Å². The number of nitrogens with one attached hydrogen (secondary N) is 1. The van der Waals surface area contributed by atoms with E-state index in [-0.39, 0.29) is 16.4 Å². The van der Waals surface area contributed by atoms with Gasteiger partial charge in [0, 0.05) is 22.6 Å². The lowest BCUT2D eigenvalue weighted by molar-refractivity contribution is 0.392. The SMILES string of the molecule is COc1ccc(OC)c(S(=O)(=O)Nc2cc(SCc3ccccc3)c(O)c3ccccc23)c1. The Morgan fingerprint density at radius 1 is 0.879 bits per heavy atom. The quantitative estimate of drug-likeness (QED) is 0.250. The molecule has 0 bridgehead atoms. The second-order valence-corrected chi connectivity index (χ2v) is 9.88. The van der Waals surface area contributed by atoms with Crippen molar-refractivity contribution in [1.82, 2.24) is 0 Å². The Balaban J connectivity index is 1.76. The van der Waals surface area contributed by atoms with Crippen LogP contribution in [-0.4, -0.2) is 27.7 Å². The van der Waals surface area contributed by atoms with Crippen LogP contribution in [0.4, 0.5) is 5.69 Å². The highest BCUT2D eigenvalue weighted by molar-refractivity contribution is 7.98. The minimum atomic E-state index is -4.02. The molecule has 0 fully saturated rings. The first-order valence-electron chi connectivity index (χ1n) is 10.1. The van der Waals surface area contributed by atoms with Crippen molar-refractivity contribution in [3.05, 3.63) is 84.4 Å². The molecule has 0 spiro atoms. The molecule has 0 aliphatic carbocycles. The third-order valence-corrected chi connectivity index (χ3v) is 7.61. The van der Waals surface area contributed by atoms with E-state index in [2.05, 4.69) is 4.72 Å². The fourth-order valence-electron chi connectivity index (χ4n) is 3.46. The maximum atomic E-state index is 13.4. The molecule has 0 aromatic heterocycles. The van der Waals surface area contributed by atoms with E-state index in [0.29, 0.717) is 32.9 Å². The molecule has 4 aromatic carbocycles. The molecule has 0 saturated carbocycles. The summed E-state index contributed by atoms with van der Waals surface area (Å²) in [7, 11) is -1.14. The van der Waals surface area contributed by atoms with Crippen molar-refractivity contribution in [1.29, 1.82) is 0 Å². The van der Waals surface area contributed by atoms with Crippen molar-refractivity contribution in [3.63, 3.8) is 0 Å². The zero-order valence-electron chi connectivity index (χ0n) is 18.1. The third-order valence-electron chi connectivity index (χ3n) is 5.12. The minimum Gasteiger partial charge on any atom is -0.506 e. The van der Waals surface area contributed by atoms with Gasteiger partial charge in [-0.15, -0.1) is 11.8 Å². The Labute approximate surface area is 197 Å². The van der Waals surface area contributed by atoms with Gasteiger partial charge in [-0.1, -0.05) is 54.6 Å². The van der Waals surface area contributed by atoms with Gasteiger partial charge in [0.1, 0.15) is 22.1 Å². The van der Waals surface area contributed by atoms with Crippen LogP contribution in [-0.2, 0) is 15.8 Å². The third kappa shape index (κ3) is 4.86. The highest BCUT2D eigenvalue weighted by Crippen LogP contribution is 2.42. The van der Waals surface area contributed by atoms with E-state index in [0.717, 1.165) is 5.56 Å². The summed E-state index contributed by atoms with van der Waals surface area (Å²) in [5.41, 5.74) is 1.46. The summed E-state index contributed by atoms with van der Waals surface area (Å²) in [4.78, 5) is 0.535. The average Bonchev–Trinajstić information content (AvgIpc) is 2.85. The molecular weight excluding hydrogens is 458 g/mol. The summed E-state index contributed by atoms with van der Waals surface area (Å²) in [6.07, 6.45) is 0. The summed E-state index contributed by atoms with van der Waals surface area (Å²) < 4.78 is 39.8. The Hall–Kier alpha value is -3.36. The fourth-order valence-corrected chi connectivity index (χ4v) is 5.68. The number of hydrogen-bond donors (Lipinski definition) is 2. The first-order valence-corrected chi connectivity index (χ1v) is 12.6. The Kier molecular flexibility index (Phi) is 6.67. The lowest BCUT2D eigenvalue weighted by Crippen LogP contribution is -2.14. The largest absolute Gasteiger partial charge is 0.506 e. The first-order chi connectivity index (χ1) is 15.9. The first kappa shape index (κ1) is 22.8. The molecule has 8 heteroatoms. The van der Waals surface area contributed by atoms with Gasteiger partial charge in [-0.2, -0.15) is 0 Å². The van der Waals surface area contributed by atoms with Crippen LogP contribution in [0.3, 0.4) is 0 Å². The van der Waals surface area contributed by atoms with Gasteiger partial charge in [-0.25, -0.2) is 8.42 Å². The summed E-state index contributed by atoms with van der Waals surface area (Å²) in [5.74, 6) is 1.34. The zero-order valence-corrected chi connectivity index (χ0v) is 19.7. The molecule has 170 valence electrons. The van der Waals surface area contributed by atoms with E-state index in [4.69, 9.17) is 9.47 Å². The van der Waals surface area contributed by atoms with Crippen LogP contribution in [0.5, 0.6) is 17.2 Å². The van der Waals surface area contributed by atoms with E-state index in [9.17, 15) is 13.5 Å². The van der Waals surface area contributed by atoms with Crippen molar-refractivity contribution in [2.24, 2.45) is 0 Å². The van der Waals surface area contributed by atoms with Gasteiger partial charge >= 0.3 is 0 Å². The van der Waals surface area contributed by atoms with Crippen molar-refractivity contribution in [2.75, 3.05) is 18.9 Å². The number of ether oxygens (including phenoxy) is 2. The molecule has 4 aromatic rings. The highest BCUT2D eigenvalue weighted by atomic mass is 32.2. The molecule has 0 saturated heterocycles. The van der Waals surface area contributed by atoms with Gasteiger partial charge in [-0.05, 0) is 23.8 Å².